The van der Waals surface area contributed by atoms with E-state index in [9.17, 15) is 10.1 Å². The Hall–Kier alpha value is -3.30. The molecule has 5 nitrogen and oxygen atoms in total. The number of pyridine rings is 2. The molecule has 0 aliphatic rings. The highest BCUT2D eigenvalue weighted by Gasteiger charge is 2.22. The van der Waals surface area contributed by atoms with Crippen molar-refractivity contribution in [1.29, 1.82) is 5.26 Å². The van der Waals surface area contributed by atoms with Crippen molar-refractivity contribution < 1.29 is 4.79 Å². The molecule has 0 radical (unpaired) electrons. The van der Waals surface area contributed by atoms with E-state index in [1.54, 1.807) is 25.4 Å². The van der Waals surface area contributed by atoms with Crippen LogP contribution < -0.4 is 5.32 Å². The van der Waals surface area contributed by atoms with Crippen molar-refractivity contribution in [1.82, 2.24) is 9.97 Å². The van der Waals surface area contributed by atoms with Crippen LogP contribution in [-0.4, -0.2) is 15.9 Å². The summed E-state index contributed by atoms with van der Waals surface area (Å²) in [5.74, 6) is -0.307. The van der Waals surface area contributed by atoms with Gasteiger partial charge in [0.2, 0.25) is 0 Å². The maximum absolute atomic E-state index is 13.1. The van der Waals surface area contributed by atoms with Gasteiger partial charge in [-0.05, 0) is 31.5 Å². The number of aromatic nitrogens is 2. The predicted octanol–water partition coefficient (Wildman–Crippen LogP) is 4.55. The largest absolute Gasteiger partial charge is 0.348 e. The highest BCUT2D eigenvalue weighted by molar-refractivity contribution is 7.71. The van der Waals surface area contributed by atoms with Gasteiger partial charge in [-0.2, -0.15) is 5.26 Å². The van der Waals surface area contributed by atoms with Crippen molar-refractivity contribution >= 4 is 23.8 Å². The maximum Gasteiger partial charge on any atom is 0.258 e. The van der Waals surface area contributed by atoms with Crippen LogP contribution in [0.3, 0.4) is 0 Å². The van der Waals surface area contributed by atoms with Crippen LogP contribution >= 0.6 is 12.2 Å². The number of anilines is 1. The van der Waals surface area contributed by atoms with E-state index in [2.05, 4.69) is 21.4 Å². The first-order chi connectivity index (χ1) is 12.5. The summed E-state index contributed by atoms with van der Waals surface area (Å²) in [7, 11) is 0. The Morgan fingerprint density at radius 3 is 2.65 bits per heavy atom. The first-order valence-corrected chi connectivity index (χ1v) is 8.38. The molecule has 0 atom stereocenters. The highest BCUT2D eigenvalue weighted by atomic mass is 32.1. The molecule has 3 aromatic rings. The number of nitrogens with one attached hydrogen (secondary N) is 2. The van der Waals surface area contributed by atoms with Crippen LogP contribution in [0, 0.1) is 29.8 Å². The summed E-state index contributed by atoms with van der Waals surface area (Å²) in [5.41, 5.74) is 4.06. The topological polar surface area (TPSA) is 81.6 Å². The number of nitriles is 1. The Morgan fingerprint density at radius 2 is 2.00 bits per heavy atom. The predicted molar refractivity (Wildman–Crippen MR) is 103 cm³/mol. The van der Waals surface area contributed by atoms with Gasteiger partial charge in [0.15, 0.2) is 0 Å². The van der Waals surface area contributed by atoms with Gasteiger partial charge in [-0.3, -0.25) is 9.78 Å². The van der Waals surface area contributed by atoms with Crippen molar-refractivity contribution in [2.75, 3.05) is 5.32 Å². The summed E-state index contributed by atoms with van der Waals surface area (Å²) in [5, 5.41) is 12.5. The van der Waals surface area contributed by atoms with Gasteiger partial charge in [0.05, 0.1) is 11.1 Å². The molecule has 1 aromatic carbocycles. The molecule has 0 aliphatic carbocycles. The van der Waals surface area contributed by atoms with Crippen LogP contribution in [-0.2, 0) is 0 Å². The normalized spacial score (nSPS) is 10.2. The molecule has 2 N–H and O–H groups in total. The highest BCUT2D eigenvalue weighted by Crippen LogP contribution is 2.30. The number of amides is 1. The zero-order valence-corrected chi connectivity index (χ0v) is 15.1. The van der Waals surface area contributed by atoms with E-state index >= 15 is 0 Å². The van der Waals surface area contributed by atoms with Crippen LogP contribution in [0.1, 0.15) is 27.2 Å². The number of aromatic amines is 1. The molecule has 0 bridgehead atoms. The minimum Gasteiger partial charge on any atom is -0.348 e. The fourth-order valence-corrected chi connectivity index (χ4v) is 3.11. The van der Waals surface area contributed by atoms with Gasteiger partial charge in [0.25, 0.3) is 5.91 Å². The number of para-hydroxylation sites is 1. The summed E-state index contributed by atoms with van der Waals surface area (Å²) < 4.78 is 0.302. The van der Waals surface area contributed by atoms with Crippen molar-refractivity contribution in [3.05, 3.63) is 75.8 Å². The first-order valence-electron chi connectivity index (χ1n) is 7.97. The van der Waals surface area contributed by atoms with E-state index in [1.807, 2.05) is 37.3 Å². The third kappa shape index (κ3) is 3.25. The number of aryl methyl sites for hydroxylation is 2. The summed E-state index contributed by atoms with van der Waals surface area (Å²) in [6.07, 6.45) is 3.26. The van der Waals surface area contributed by atoms with Crippen molar-refractivity contribution in [3.63, 3.8) is 0 Å². The monoisotopic (exact) mass is 360 g/mol. The smallest absolute Gasteiger partial charge is 0.258 e. The number of carbonyl (C=O) groups excluding carboxylic acids is 1. The van der Waals surface area contributed by atoms with Crippen molar-refractivity contribution in [2.24, 2.45) is 0 Å². The summed E-state index contributed by atoms with van der Waals surface area (Å²) in [4.78, 5) is 20.1. The minimum atomic E-state index is -0.307. The average molecular weight is 360 g/mol. The molecule has 0 unspecified atom stereocenters. The van der Waals surface area contributed by atoms with E-state index in [0.29, 0.717) is 27.0 Å². The van der Waals surface area contributed by atoms with Crippen LogP contribution in [0.15, 0.2) is 48.8 Å². The Balaban J connectivity index is 2.21. The molecule has 128 valence electrons. The molecule has 3 rings (SSSR count). The van der Waals surface area contributed by atoms with E-state index in [0.717, 1.165) is 11.3 Å². The summed E-state index contributed by atoms with van der Waals surface area (Å²) in [6, 6.07) is 13.2. The van der Waals surface area contributed by atoms with Gasteiger partial charge < -0.3 is 10.3 Å². The Bertz CT molecular complexity index is 1080. The zero-order valence-electron chi connectivity index (χ0n) is 14.3. The minimum absolute atomic E-state index is 0.258. The van der Waals surface area contributed by atoms with Crippen molar-refractivity contribution in [3.8, 4) is 17.2 Å². The van der Waals surface area contributed by atoms with E-state index in [-0.39, 0.29) is 11.5 Å². The zero-order chi connectivity index (χ0) is 18.7. The second-order valence-corrected chi connectivity index (χ2v) is 6.23. The molecule has 2 aromatic heterocycles. The quantitative estimate of drug-likeness (QED) is 0.672. The van der Waals surface area contributed by atoms with Gasteiger partial charge in [0.1, 0.15) is 10.7 Å². The molecule has 0 saturated heterocycles. The molecule has 6 heteroatoms. The lowest BCUT2D eigenvalue weighted by Gasteiger charge is -2.15. The second kappa shape index (κ2) is 7.30. The standard InChI is InChI=1S/C20H16N4OS/c1-12-6-3-4-8-16(12)24-19(25)17-13(2)23-20(26)15(10-21)18(17)14-7-5-9-22-11-14/h3-9,11H,1-2H3,(H,23,26)(H,24,25). The summed E-state index contributed by atoms with van der Waals surface area (Å²) >= 11 is 5.29. The first kappa shape index (κ1) is 17.5. The van der Waals surface area contributed by atoms with Gasteiger partial charge in [0, 0.05) is 34.9 Å². The fourth-order valence-electron chi connectivity index (χ4n) is 2.81. The number of hydrogen-bond donors (Lipinski definition) is 2. The number of rotatable bonds is 3. The molecule has 2 heterocycles. The average Bonchev–Trinajstić information content (AvgIpc) is 2.63. The third-order valence-electron chi connectivity index (χ3n) is 4.09. The lowest BCUT2D eigenvalue weighted by molar-refractivity contribution is 0.102. The van der Waals surface area contributed by atoms with E-state index < -0.39 is 0 Å². The lowest BCUT2D eigenvalue weighted by Crippen LogP contribution is -2.17. The van der Waals surface area contributed by atoms with Crippen LogP contribution in [0.4, 0.5) is 5.69 Å². The number of nitrogens with zero attached hydrogens (tertiary/aromatic N) is 2. The van der Waals surface area contributed by atoms with Crippen LogP contribution in [0.25, 0.3) is 11.1 Å². The molecular formula is C20H16N4OS. The van der Waals surface area contributed by atoms with Crippen LogP contribution in [0.2, 0.25) is 0 Å². The Kier molecular flexibility index (Phi) is 4.92. The molecule has 0 aliphatic heterocycles. The maximum atomic E-state index is 13.1. The molecule has 1 amide bonds. The number of H-pyrrole nitrogens is 1. The summed E-state index contributed by atoms with van der Waals surface area (Å²) in [6.45, 7) is 3.69. The van der Waals surface area contributed by atoms with E-state index in [4.69, 9.17) is 12.2 Å². The van der Waals surface area contributed by atoms with Gasteiger partial charge in [-0.1, -0.05) is 36.5 Å². The molecule has 0 saturated carbocycles. The number of benzene rings is 1. The Labute approximate surface area is 156 Å². The fraction of sp³-hybridized carbons (Fsp3) is 0.100. The van der Waals surface area contributed by atoms with Gasteiger partial charge in [-0.25, -0.2) is 0 Å². The van der Waals surface area contributed by atoms with Crippen molar-refractivity contribution in [2.45, 2.75) is 13.8 Å². The number of hydrogen-bond acceptors (Lipinski definition) is 4. The van der Waals surface area contributed by atoms with Gasteiger partial charge >= 0.3 is 0 Å². The van der Waals surface area contributed by atoms with Crippen LogP contribution in [0.5, 0.6) is 0 Å². The molecule has 26 heavy (non-hydrogen) atoms. The molecule has 0 fully saturated rings. The van der Waals surface area contributed by atoms with Gasteiger partial charge in [-0.15, -0.1) is 0 Å². The third-order valence-corrected chi connectivity index (χ3v) is 4.39. The molecular weight excluding hydrogens is 344 g/mol. The van der Waals surface area contributed by atoms with E-state index in [1.165, 1.54) is 0 Å². The SMILES string of the molecule is Cc1ccccc1NC(=O)c1c(C)[nH]c(=S)c(C#N)c1-c1cccnc1. The lowest BCUT2D eigenvalue weighted by atomic mass is 9.95. The number of carbonyl (C=O) groups is 1. The second-order valence-electron chi connectivity index (χ2n) is 5.83. The Morgan fingerprint density at radius 1 is 1.23 bits per heavy atom. The molecule has 0 spiro atoms.